The van der Waals surface area contributed by atoms with E-state index in [-0.39, 0.29) is 43.0 Å². The molecular weight excluding hydrogens is 1190 g/mol. The highest BCUT2D eigenvalue weighted by molar-refractivity contribution is 8.00. The van der Waals surface area contributed by atoms with Gasteiger partial charge in [0.2, 0.25) is 0 Å². The Morgan fingerprint density at radius 2 is 0.700 bits per heavy atom. The van der Waals surface area contributed by atoms with Gasteiger partial charge in [0.15, 0.2) is 0 Å². The maximum atomic E-state index is 11.8. The summed E-state index contributed by atoms with van der Waals surface area (Å²) in [5.74, 6) is 5.81. The number of thioether (sulfide) groups is 4. The predicted molar refractivity (Wildman–Crippen MR) is 333 cm³/mol. The van der Waals surface area contributed by atoms with Crippen molar-refractivity contribution in [2.75, 3.05) is 164 Å². The maximum absolute atomic E-state index is 11.8. The van der Waals surface area contributed by atoms with Gasteiger partial charge in [0, 0.05) is 131 Å². The molecule has 0 aliphatic carbocycles. The van der Waals surface area contributed by atoms with Gasteiger partial charge in [-0.3, -0.25) is 19.2 Å². The lowest BCUT2D eigenvalue weighted by atomic mass is 9.97. The average Bonchev–Trinajstić information content (AvgIpc) is 3.45. The molecule has 0 spiro atoms. The first-order chi connectivity index (χ1) is 37.7. The number of carbonyl (C=O) groups excluding carboxylic acids is 4. The number of carbonyl (C=O) groups is 4. The lowest BCUT2D eigenvalue weighted by Gasteiger charge is -2.28. The third-order valence-corrected chi connectivity index (χ3v) is 29.2. The van der Waals surface area contributed by atoms with Crippen LogP contribution in [-0.4, -0.2) is 229 Å². The molecule has 0 rings (SSSR count). The van der Waals surface area contributed by atoms with Gasteiger partial charge in [-0.05, 0) is 111 Å². The summed E-state index contributed by atoms with van der Waals surface area (Å²) in [6.07, 6.45) is 3.73. The van der Waals surface area contributed by atoms with Gasteiger partial charge in [-0.1, -0.05) is 6.92 Å². The number of rotatable bonds is 45. The molecule has 480 valence electrons. The van der Waals surface area contributed by atoms with Crippen molar-refractivity contribution in [2.24, 2.45) is 22.2 Å². The van der Waals surface area contributed by atoms with Crippen molar-refractivity contribution in [2.45, 2.75) is 119 Å². The van der Waals surface area contributed by atoms with Crippen molar-refractivity contribution in [3.05, 3.63) is 0 Å². The molecule has 0 amide bonds. The Morgan fingerprint density at radius 1 is 0.425 bits per heavy atom. The van der Waals surface area contributed by atoms with E-state index in [1.54, 1.807) is 111 Å². The van der Waals surface area contributed by atoms with Gasteiger partial charge in [-0.2, -0.15) is 47.0 Å². The fraction of sp³-hybridized carbons (Fsp3) is 0.922. The Bertz CT molecular complexity index is 1510. The van der Waals surface area contributed by atoms with Crippen LogP contribution in [0.5, 0.6) is 0 Å². The Morgan fingerprint density at radius 3 is 0.950 bits per heavy atom. The van der Waals surface area contributed by atoms with E-state index in [1.807, 2.05) is 69.2 Å². The number of hydrogen-bond donors (Lipinski definition) is 1. The molecule has 0 saturated heterocycles. The molecule has 80 heavy (non-hydrogen) atoms. The second kappa shape index (κ2) is 49.7. The number of methoxy groups -OCH3 is 3. The van der Waals surface area contributed by atoms with Crippen molar-refractivity contribution in [3.63, 3.8) is 0 Å². The fourth-order valence-electron chi connectivity index (χ4n) is 6.81. The van der Waals surface area contributed by atoms with Crippen LogP contribution in [0.3, 0.4) is 0 Å². The summed E-state index contributed by atoms with van der Waals surface area (Å²) in [6, 6.07) is 3.13. The molecule has 0 fully saturated rings. The quantitative estimate of drug-likeness (QED) is 0.0259. The van der Waals surface area contributed by atoms with Crippen LogP contribution in [0.2, 0.25) is 24.2 Å². The number of aliphatic hydroxyl groups excluding tert-OH is 1. The van der Waals surface area contributed by atoms with Crippen LogP contribution in [0.1, 0.15) is 94.9 Å². The van der Waals surface area contributed by atoms with E-state index in [0.717, 1.165) is 90.1 Å². The standard InChI is InChI=1S/C15H32O5SSi.C13H28O6SSi.C12H26O5SSi.C11H24O5SSi/c1-7-18-22(19-8-2,20-9-3)12-10-11-21-13-15(4,5)14(16)17-6;1-13(2,12(15)19-8-7-14)11-20-9-6-10-21(16-3,17-4)18-5;1-12(2,11(13)14-3)10-18-8-7-9-19(15-4,16-5)17-6;1-10(11(12)13-2)9-17-7-6-8-18(14-3,15-4)16-5/h7-13H2,1-6H3;14H,6-11H2,1-5H3;7-10H2,1-6H3;10H,6-9H2,1-5H3. The molecule has 0 bridgehead atoms. The molecule has 1 unspecified atom stereocenters. The third kappa shape index (κ3) is 37.9. The van der Waals surface area contributed by atoms with Gasteiger partial charge in [0.25, 0.3) is 0 Å². The van der Waals surface area contributed by atoms with Crippen LogP contribution in [0.4, 0.5) is 0 Å². The van der Waals surface area contributed by atoms with Crippen molar-refractivity contribution >= 4 is 106 Å². The Labute approximate surface area is 505 Å². The third-order valence-electron chi connectivity index (χ3n) is 11.7. The Balaban J connectivity index is -0.000000483. The van der Waals surface area contributed by atoms with Crippen LogP contribution in [0.25, 0.3) is 0 Å². The number of esters is 4. The molecule has 0 aromatic carbocycles. The molecule has 1 atom stereocenters. The molecule has 0 aliphatic heterocycles. The zero-order valence-electron chi connectivity index (χ0n) is 53.2. The smallest absolute Gasteiger partial charge is 0.469 e. The largest absolute Gasteiger partial charge is 0.500 e. The summed E-state index contributed by atoms with van der Waals surface area (Å²) in [7, 11) is 8.90. The van der Waals surface area contributed by atoms with Gasteiger partial charge in [0.1, 0.15) is 6.61 Å². The van der Waals surface area contributed by atoms with Gasteiger partial charge >= 0.3 is 59.1 Å². The number of ether oxygens (including phenoxy) is 4. The highest BCUT2D eigenvalue weighted by Crippen LogP contribution is 2.29. The van der Waals surface area contributed by atoms with Crippen molar-refractivity contribution in [3.8, 4) is 0 Å². The summed E-state index contributed by atoms with van der Waals surface area (Å²) in [6.45, 7) is 20.8. The van der Waals surface area contributed by atoms with Crippen molar-refractivity contribution < 1.29 is 96.3 Å². The Kier molecular flexibility index (Phi) is 53.5. The fourth-order valence-corrected chi connectivity index (χ4v) is 20.0. The van der Waals surface area contributed by atoms with E-state index in [1.165, 1.54) is 21.3 Å². The van der Waals surface area contributed by atoms with Crippen LogP contribution in [0.15, 0.2) is 0 Å². The second-order valence-corrected chi connectivity index (χ2v) is 35.9. The summed E-state index contributed by atoms with van der Waals surface area (Å²) >= 11 is 6.90. The van der Waals surface area contributed by atoms with Crippen LogP contribution < -0.4 is 0 Å². The molecule has 0 heterocycles. The molecule has 0 aromatic rings. The SMILES string of the molecule is CCO[Si](CCCSCC(C)(C)C(=O)OC)(OCC)OCC.COC(=O)C(C)(C)CSCCC[Si](OC)(OC)OC.COC(=O)C(C)CSCCC[Si](OC)(OC)OC.CO[Si](CCCSCC(C)(C)C(=O)OCCO)(OC)OC. The maximum Gasteiger partial charge on any atom is 0.500 e. The molecule has 29 heteroatoms. The minimum Gasteiger partial charge on any atom is -0.469 e. The average molecular weight is 1300 g/mol. The topological polar surface area (TPSA) is 236 Å². The molecule has 0 aromatic heterocycles. The molecule has 0 radical (unpaired) electrons. The number of hydrogen-bond acceptors (Lipinski definition) is 25. The van der Waals surface area contributed by atoms with Crippen LogP contribution in [0, 0.1) is 22.2 Å². The van der Waals surface area contributed by atoms with E-state index in [9.17, 15) is 19.2 Å². The van der Waals surface area contributed by atoms with Crippen molar-refractivity contribution in [1.82, 2.24) is 0 Å². The monoisotopic (exact) mass is 1300 g/mol. The van der Waals surface area contributed by atoms with Crippen LogP contribution in [-0.2, 0) is 91.2 Å². The van der Waals surface area contributed by atoms with Gasteiger partial charge < -0.3 is 77.2 Å². The van der Waals surface area contributed by atoms with E-state index < -0.39 is 51.5 Å². The van der Waals surface area contributed by atoms with E-state index in [2.05, 4.69) is 4.74 Å². The van der Waals surface area contributed by atoms with Gasteiger partial charge in [0.05, 0.1) is 50.1 Å². The van der Waals surface area contributed by atoms with E-state index in [0.29, 0.717) is 25.6 Å². The van der Waals surface area contributed by atoms with Crippen LogP contribution >= 0.6 is 47.0 Å². The summed E-state index contributed by atoms with van der Waals surface area (Å²) < 4.78 is 84.8. The second-order valence-electron chi connectivity index (χ2n) is 19.4. The molecule has 1 N–H and O–H groups in total. The van der Waals surface area contributed by atoms with Gasteiger partial charge in [-0.25, -0.2) is 0 Å². The predicted octanol–water partition coefficient (Wildman–Crippen LogP) is 8.89. The normalized spacial score (nSPS) is 12.7. The lowest BCUT2D eigenvalue weighted by molar-refractivity contribution is -0.153. The zero-order valence-corrected chi connectivity index (χ0v) is 60.4. The lowest BCUT2D eigenvalue weighted by Crippen LogP contribution is -2.46. The first-order valence-electron chi connectivity index (χ1n) is 26.9. The molecule has 0 saturated carbocycles. The first kappa shape index (κ1) is 86.1. The zero-order chi connectivity index (χ0) is 62.4. The first-order valence-corrected chi connectivity index (χ1v) is 39.2. The van der Waals surface area contributed by atoms with E-state index >= 15 is 0 Å². The number of aliphatic hydroxyl groups is 1. The summed E-state index contributed by atoms with van der Waals surface area (Å²) in [5, 5.41) is 8.66. The van der Waals surface area contributed by atoms with Gasteiger partial charge in [-0.15, -0.1) is 0 Å². The summed E-state index contributed by atoms with van der Waals surface area (Å²) in [5.41, 5.74) is -1.45. The summed E-state index contributed by atoms with van der Waals surface area (Å²) in [4.78, 5) is 46.1. The minimum absolute atomic E-state index is 0.0521. The molecule has 21 nitrogen and oxygen atoms in total. The molecule has 0 aliphatic rings. The minimum atomic E-state index is -2.53. The van der Waals surface area contributed by atoms with E-state index in [4.69, 9.17) is 72.4 Å². The highest BCUT2D eigenvalue weighted by atomic mass is 32.2. The highest BCUT2D eigenvalue weighted by Gasteiger charge is 2.41. The van der Waals surface area contributed by atoms with Crippen molar-refractivity contribution in [1.29, 1.82) is 0 Å². The Hall–Kier alpha value is -0.372. The molecular formula is C51H110O21S4Si4.